The van der Waals surface area contributed by atoms with Crippen LogP contribution < -0.4 is 15.8 Å². The summed E-state index contributed by atoms with van der Waals surface area (Å²) < 4.78 is 47.4. The zero-order valence-electron chi connectivity index (χ0n) is 11.1. The number of rotatable bonds is 5. The molecule has 0 amide bonds. The zero-order valence-corrected chi connectivity index (χ0v) is 11.1. The number of ether oxygens (including phenoxy) is 2. The number of nitrogens with one attached hydrogen (secondary N) is 1. The Balaban J connectivity index is 2.10. The lowest BCUT2D eigenvalue weighted by atomic mass is 10.0. The van der Waals surface area contributed by atoms with Crippen LogP contribution in [-0.4, -0.2) is 25.4 Å². The van der Waals surface area contributed by atoms with Crippen molar-refractivity contribution in [2.45, 2.75) is 32.0 Å². The van der Waals surface area contributed by atoms with Crippen LogP contribution in [0.15, 0.2) is 12.1 Å². The Morgan fingerprint density at radius 1 is 1.50 bits per heavy atom. The monoisotopic (exact) mass is 290 g/mol. The third kappa shape index (κ3) is 3.47. The van der Waals surface area contributed by atoms with Crippen LogP contribution in [0.3, 0.4) is 0 Å². The first kappa shape index (κ1) is 14.8. The molecule has 1 saturated heterocycles. The molecule has 1 unspecified atom stereocenters. The molecular formula is C13H17F3N2O2. The van der Waals surface area contributed by atoms with Gasteiger partial charge in [0.05, 0.1) is 17.0 Å². The van der Waals surface area contributed by atoms with Gasteiger partial charge in [0.25, 0.3) is 0 Å². The Bertz CT molecular complexity index is 477. The van der Waals surface area contributed by atoms with Gasteiger partial charge in [-0.05, 0) is 19.8 Å². The van der Waals surface area contributed by atoms with Gasteiger partial charge in [0.2, 0.25) is 0 Å². The van der Waals surface area contributed by atoms with Crippen molar-refractivity contribution in [3.8, 4) is 5.75 Å². The molecule has 1 aromatic carbocycles. The van der Waals surface area contributed by atoms with E-state index in [0.717, 1.165) is 25.0 Å². The van der Waals surface area contributed by atoms with Crippen LogP contribution in [0.2, 0.25) is 0 Å². The molecule has 1 aliphatic rings. The predicted octanol–water partition coefficient (Wildman–Crippen LogP) is 2.99. The average molecular weight is 290 g/mol. The van der Waals surface area contributed by atoms with Crippen LogP contribution in [0.1, 0.15) is 19.8 Å². The SMILES string of the molecule is CC1(CNc2cc(OC(F)F)c(F)cc2N)CCCO1. The molecule has 4 nitrogen and oxygen atoms in total. The summed E-state index contributed by atoms with van der Waals surface area (Å²) in [6.45, 7) is 0.00787. The minimum absolute atomic E-state index is 0.130. The fourth-order valence-electron chi connectivity index (χ4n) is 2.17. The number of alkyl halides is 2. The first-order valence-corrected chi connectivity index (χ1v) is 6.31. The fraction of sp³-hybridized carbons (Fsp3) is 0.538. The predicted molar refractivity (Wildman–Crippen MR) is 69.5 cm³/mol. The molecule has 0 aromatic heterocycles. The van der Waals surface area contributed by atoms with Crippen molar-refractivity contribution in [1.29, 1.82) is 0 Å². The van der Waals surface area contributed by atoms with Gasteiger partial charge in [0.15, 0.2) is 11.6 Å². The third-order valence-electron chi connectivity index (χ3n) is 3.27. The van der Waals surface area contributed by atoms with E-state index in [1.54, 1.807) is 0 Å². The molecule has 1 aliphatic heterocycles. The molecule has 1 heterocycles. The molecule has 20 heavy (non-hydrogen) atoms. The van der Waals surface area contributed by atoms with Gasteiger partial charge in [0, 0.05) is 25.3 Å². The van der Waals surface area contributed by atoms with Gasteiger partial charge in [-0.3, -0.25) is 0 Å². The van der Waals surface area contributed by atoms with E-state index in [2.05, 4.69) is 10.1 Å². The second-order valence-electron chi connectivity index (χ2n) is 5.00. The maximum atomic E-state index is 13.4. The summed E-state index contributed by atoms with van der Waals surface area (Å²) in [6, 6.07) is 2.09. The van der Waals surface area contributed by atoms with Gasteiger partial charge in [-0.2, -0.15) is 8.78 Å². The molecule has 3 N–H and O–H groups in total. The summed E-state index contributed by atoms with van der Waals surface area (Å²) in [5.74, 6) is -1.45. The molecule has 0 saturated carbocycles. The highest BCUT2D eigenvalue weighted by Crippen LogP contribution is 2.31. The second-order valence-corrected chi connectivity index (χ2v) is 5.00. The summed E-state index contributed by atoms with van der Waals surface area (Å²) >= 11 is 0. The Hall–Kier alpha value is -1.63. The number of halogens is 3. The molecule has 1 atom stereocenters. The zero-order chi connectivity index (χ0) is 14.8. The molecule has 0 aliphatic carbocycles. The van der Waals surface area contributed by atoms with Crippen molar-refractivity contribution in [2.75, 3.05) is 24.2 Å². The highest BCUT2D eigenvalue weighted by atomic mass is 19.3. The van der Waals surface area contributed by atoms with Gasteiger partial charge in [0.1, 0.15) is 0 Å². The summed E-state index contributed by atoms with van der Waals surface area (Å²) in [5, 5.41) is 2.99. The molecule has 2 rings (SSSR count). The largest absolute Gasteiger partial charge is 0.432 e. The number of nitrogen functional groups attached to an aromatic ring is 1. The van der Waals surface area contributed by atoms with Gasteiger partial charge in [-0.1, -0.05) is 0 Å². The Morgan fingerprint density at radius 2 is 2.25 bits per heavy atom. The quantitative estimate of drug-likeness (QED) is 0.819. The summed E-state index contributed by atoms with van der Waals surface area (Å²) in [4.78, 5) is 0. The van der Waals surface area contributed by atoms with E-state index >= 15 is 0 Å². The molecule has 0 spiro atoms. The number of nitrogens with two attached hydrogens (primary N) is 1. The second kappa shape index (κ2) is 5.78. The number of benzene rings is 1. The first-order chi connectivity index (χ1) is 9.39. The number of anilines is 2. The van der Waals surface area contributed by atoms with Crippen LogP contribution in [-0.2, 0) is 4.74 Å². The molecule has 0 radical (unpaired) electrons. The Labute approximate surface area is 115 Å². The van der Waals surface area contributed by atoms with Crippen LogP contribution in [0.4, 0.5) is 24.5 Å². The van der Waals surface area contributed by atoms with Crippen molar-refractivity contribution in [3.05, 3.63) is 17.9 Å². The molecule has 112 valence electrons. The first-order valence-electron chi connectivity index (χ1n) is 6.31. The highest BCUT2D eigenvalue weighted by molar-refractivity contribution is 5.68. The van der Waals surface area contributed by atoms with Crippen LogP contribution in [0.25, 0.3) is 0 Å². The van der Waals surface area contributed by atoms with Crippen molar-refractivity contribution in [3.63, 3.8) is 0 Å². The Kier molecular flexibility index (Phi) is 4.27. The summed E-state index contributed by atoms with van der Waals surface area (Å²) in [7, 11) is 0. The van der Waals surface area contributed by atoms with Crippen LogP contribution >= 0.6 is 0 Å². The van der Waals surface area contributed by atoms with E-state index in [0.29, 0.717) is 18.8 Å². The van der Waals surface area contributed by atoms with Gasteiger partial charge < -0.3 is 20.5 Å². The van der Waals surface area contributed by atoms with Gasteiger partial charge in [-0.25, -0.2) is 4.39 Å². The highest BCUT2D eigenvalue weighted by Gasteiger charge is 2.29. The smallest absolute Gasteiger partial charge is 0.387 e. The topological polar surface area (TPSA) is 56.5 Å². The normalized spacial score (nSPS) is 22.2. The van der Waals surface area contributed by atoms with E-state index in [-0.39, 0.29) is 11.3 Å². The van der Waals surface area contributed by atoms with Crippen molar-refractivity contribution in [2.24, 2.45) is 0 Å². The standard InChI is InChI=1S/C13H17F3N2O2/c1-13(3-2-4-19-13)7-18-10-6-11(20-12(15)16)8(14)5-9(10)17/h5-6,12,18H,2-4,7,17H2,1H3. The molecular weight excluding hydrogens is 273 g/mol. The van der Waals surface area contributed by atoms with Crippen molar-refractivity contribution >= 4 is 11.4 Å². The number of hydrogen-bond donors (Lipinski definition) is 2. The van der Waals surface area contributed by atoms with E-state index in [1.807, 2.05) is 6.92 Å². The molecule has 7 heteroatoms. The van der Waals surface area contributed by atoms with E-state index < -0.39 is 18.2 Å². The minimum atomic E-state index is -3.09. The maximum Gasteiger partial charge on any atom is 0.387 e. The lowest BCUT2D eigenvalue weighted by Crippen LogP contribution is -2.32. The maximum absolute atomic E-state index is 13.4. The van der Waals surface area contributed by atoms with Gasteiger partial charge in [-0.15, -0.1) is 0 Å². The van der Waals surface area contributed by atoms with E-state index in [9.17, 15) is 13.2 Å². The van der Waals surface area contributed by atoms with Gasteiger partial charge >= 0.3 is 6.61 Å². The molecule has 1 fully saturated rings. The minimum Gasteiger partial charge on any atom is -0.432 e. The lowest BCUT2D eigenvalue weighted by molar-refractivity contribution is -0.0521. The van der Waals surface area contributed by atoms with Crippen LogP contribution in [0.5, 0.6) is 5.75 Å². The van der Waals surface area contributed by atoms with E-state index in [1.165, 1.54) is 0 Å². The number of hydrogen-bond acceptors (Lipinski definition) is 4. The lowest BCUT2D eigenvalue weighted by Gasteiger charge is -2.24. The molecule has 1 aromatic rings. The fourth-order valence-corrected chi connectivity index (χ4v) is 2.17. The summed E-state index contributed by atoms with van der Waals surface area (Å²) in [6.07, 6.45) is 1.86. The summed E-state index contributed by atoms with van der Waals surface area (Å²) in [5.41, 5.74) is 5.81. The molecule has 0 bridgehead atoms. The average Bonchev–Trinajstić information content (AvgIpc) is 2.78. The van der Waals surface area contributed by atoms with Crippen LogP contribution in [0, 0.1) is 5.82 Å². The third-order valence-corrected chi connectivity index (χ3v) is 3.27. The van der Waals surface area contributed by atoms with Crippen molar-refractivity contribution < 1.29 is 22.6 Å². The van der Waals surface area contributed by atoms with E-state index in [4.69, 9.17) is 10.5 Å². The van der Waals surface area contributed by atoms with Crippen molar-refractivity contribution in [1.82, 2.24) is 0 Å². The Morgan fingerprint density at radius 3 is 2.85 bits per heavy atom.